The van der Waals surface area contributed by atoms with Crippen LogP contribution in [-0.2, 0) is 4.79 Å². The molecule has 0 aromatic carbocycles. The Labute approximate surface area is 141 Å². The molecule has 0 heterocycles. The van der Waals surface area contributed by atoms with Gasteiger partial charge in [0.2, 0.25) is 0 Å². The maximum atomic E-state index is 11.0. The minimum Gasteiger partial charge on any atom is -0.303 e. The molecule has 126 valence electrons. The molecule has 0 spiro atoms. The summed E-state index contributed by atoms with van der Waals surface area (Å²) in [7, 11) is 0. The lowest BCUT2D eigenvalue weighted by atomic mass is 9.63. The van der Waals surface area contributed by atoms with Gasteiger partial charge in [0.1, 0.15) is 6.29 Å². The molecule has 3 aliphatic carbocycles. The number of rotatable bonds is 3. The maximum absolute atomic E-state index is 11.0. The fourth-order valence-corrected chi connectivity index (χ4v) is 5.50. The van der Waals surface area contributed by atoms with E-state index in [4.69, 9.17) is 0 Å². The number of aldehydes is 1. The van der Waals surface area contributed by atoms with Gasteiger partial charge in [-0.25, -0.2) is 0 Å². The van der Waals surface area contributed by atoms with E-state index >= 15 is 0 Å². The van der Waals surface area contributed by atoms with Crippen LogP contribution in [0.4, 0.5) is 0 Å². The summed E-state index contributed by atoms with van der Waals surface area (Å²) in [6.07, 6.45) is 16.9. The topological polar surface area (TPSA) is 17.1 Å². The van der Waals surface area contributed by atoms with Crippen LogP contribution in [0.15, 0.2) is 35.5 Å². The number of fused-ring (bicyclic) bond motifs is 1. The predicted octanol–water partition coefficient (Wildman–Crippen LogP) is 6.02. The van der Waals surface area contributed by atoms with Crippen LogP contribution in [0.2, 0.25) is 0 Å². The van der Waals surface area contributed by atoms with Gasteiger partial charge in [-0.15, -0.1) is 0 Å². The van der Waals surface area contributed by atoms with Crippen molar-refractivity contribution in [1.29, 1.82) is 0 Å². The first-order valence-electron chi connectivity index (χ1n) is 9.58. The molecular formula is C22H32O. The summed E-state index contributed by atoms with van der Waals surface area (Å²) in [5, 5.41) is 0. The molecule has 0 N–H and O–H groups in total. The molecule has 1 nitrogen and oxygen atoms in total. The van der Waals surface area contributed by atoms with Crippen molar-refractivity contribution in [3.8, 4) is 0 Å². The van der Waals surface area contributed by atoms with Crippen LogP contribution in [0.1, 0.15) is 71.6 Å². The van der Waals surface area contributed by atoms with E-state index in [2.05, 4.69) is 32.6 Å². The van der Waals surface area contributed by atoms with Gasteiger partial charge in [0, 0.05) is 6.42 Å². The number of hydrogen-bond donors (Lipinski definition) is 0. The van der Waals surface area contributed by atoms with Crippen LogP contribution < -0.4 is 0 Å². The van der Waals surface area contributed by atoms with Gasteiger partial charge >= 0.3 is 0 Å². The van der Waals surface area contributed by atoms with Crippen LogP contribution in [0.25, 0.3) is 0 Å². The van der Waals surface area contributed by atoms with Crippen LogP contribution >= 0.6 is 0 Å². The van der Waals surface area contributed by atoms with Crippen molar-refractivity contribution in [2.24, 2.45) is 23.2 Å². The minimum atomic E-state index is 0.361. The smallest absolute Gasteiger partial charge is 0.120 e. The van der Waals surface area contributed by atoms with Gasteiger partial charge in [0.05, 0.1) is 0 Å². The fraction of sp³-hybridized carbons (Fsp3) is 0.682. The Morgan fingerprint density at radius 1 is 1.17 bits per heavy atom. The van der Waals surface area contributed by atoms with Gasteiger partial charge in [-0.1, -0.05) is 38.2 Å². The molecule has 0 radical (unpaired) electrons. The molecule has 3 aliphatic rings. The summed E-state index contributed by atoms with van der Waals surface area (Å²) in [6, 6.07) is 0. The van der Waals surface area contributed by atoms with Crippen molar-refractivity contribution in [2.45, 2.75) is 71.6 Å². The lowest BCUT2D eigenvalue weighted by molar-refractivity contribution is -0.109. The fourth-order valence-electron chi connectivity index (χ4n) is 5.50. The molecular weight excluding hydrogens is 280 g/mol. The van der Waals surface area contributed by atoms with Crippen LogP contribution in [0.5, 0.6) is 0 Å². The zero-order chi connectivity index (χ0) is 16.4. The molecule has 4 atom stereocenters. The van der Waals surface area contributed by atoms with E-state index < -0.39 is 0 Å². The van der Waals surface area contributed by atoms with E-state index in [1.165, 1.54) is 62.5 Å². The second kappa shape index (κ2) is 6.79. The SMILES string of the molecule is C=C1C(=CC=C2CCCC3(C)C(CC=O)CCC23)CCCC1C. The van der Waals surface area contributed by atoms with Gasteiger partial charge in [-0.2, -0.15) is 0 Å². The summed E-state index contributed by atoms with van der Waals surface area (Å²) >= 11 is 0. The van der Waals surface area contributed by atoms with Crippen molar-refractivity contribution >= 4 is 6.29 Å². The quantitative estimate of drug-likeness (QED) is 0.582. The molecule has 0 aromatic heterocycles. The third kappa shape index (κ3) is 3.12. The highest BCUT2D eigenvalue weighted by atomic mass is 16.1. The molecule has 0 saturated heterocycles. The van der Waals surface area contributed by atoms with E-state index in [0.29, 0.717) is 23.2 Å². The molecule has 0 bridgehead atoms. The van der Waals surface area contributed by atoms with Crippen molar-refractivity contribution in [3.05, 3.63) is 35.5 Å². The van der Waals surface area contributed by atoms with Gasteiger partial charge in [-0.05, 0) is 85.7 Å². The molecule has 3 saturated carbocycles. The first-order chi connectivity index (χ1) is 11.1. The molecule has 1 heteroatoms. The zero-order valence-corrected chi connectivity index (χ0v) is 14.9. The summed E-state index contributed by atoms with van der Waals surface area (Å²) in [6.45, 7) is 9.07. The minimum absolute atomic E-state index is 0.361. The van der Waals surface area contributed by atoms with Gasteiger partial charge in [0.25, 0.3) is 0 Å². The summed E-state index contributed by atoms with van der Waals surface area (Å²) in [5.74, 6) is 1.95. The average molecular weight is 312 g/mol. The average Bonchev–Trinajstić information content (AvgIpc) is 2.86. The monoisotopic (exact) mass is 312 g/mol. The van der Waals surface area contributed by atoms with Crippen LogP contribution in [0.3, 0.4) is 0 Å². The zero-order valence-electron chi connectivity index (χ0n) is 14.9. The van der Waals surface area contributed by atoms with Crippen molar-refractivity contribution in [1.82, 2.24) is 0 Å². The summed E-state index contributed by atoms with van der Waals surface area (Å²) in [5.41, 5.74) is 4.84. The number of carbonyl (C=O) groups is 1. The lowest BCUT2D eigenvalue weighted by Crippen LogP contribution is -2.33. The standard InChI is InChI=1S/C22H32O/c1-16-6-4-7-18(17(16)2)9-10-19-8-5-14-22(3)20(13-15-23)11-12-21(19)22/h9-10,15-16,20-21H,2,4-8,11-14H2,1,3H3. The highest BCUT2D eigenvalue weighted by Crippen LogP contribution is 2.58. The third-order valence-corrected chi connectivity index (χ3v) is 7.13. The van der Waals surface area contributed by atoms with E-state index in [1.807, 2.05) is 0 Å². The van der Waals surface area contributed by atoms with E-state index in [0.717, 1.165) is 12.7 Å². The highest BCUT2D eigenvalue weighted by Gasteiger charge is 2.48. The second-order valence-corrected chi connectivity index (χ2v) is 8.34. The Morgan fingerprint density at radius 2 is 2.00 bits per heavy atom. The Bertz CT molecular complexity index is 538. The van der Waals surface area contributed by atoms with E-state index in [-0.39, 0.29) is 0 Å². The van der Waals surface area contributed by atoms with Gasteiger partial charge in [-0.3, -0.25) is 0 Å². The number of hydrogen-bond acceptors (Lipinski definition) is 1. The Hall–Kier alpha value is -1.11. The number of carbonyl (C=O) groups excluding carboxylic acids is 1. The molecule has 0 amide bonds. The second-order valence-electron chi connectivity index (χ2n) is 8.34. The molecule has 3 rings (SSSR count). The highest BCUT2D eigenvalue weighted by molar-refractivity contribution is 5.50. The normalized spacial score (nSPS) is 41.3. The van der Waals surface area contributed by atoms with Crippen molar-refractivity contribution in [3.63, 3.8) is 0 Å². The Balaban J connectivity index is 1.80. The lowest BCUT2D eigenvalue weighted by Gasteiger charge is -2.42. The first kappa shape index (κ1) is 16.7. The first-order valence-corrected chi connectivity index (χ1v) is 9.58. The Kier molecular flexibility index (Phi) is 4.94. The van der Waals surface area contributed by atoms with E-state index in [9.17, 15) is 4.79 Å². The maximum Gasteiger partial charge on any atom is 0.120 e. The van der Waals surface area contributed by atoms with Gasteiger partial charge < -0.3 is 4.79 Å². The van der Waals surface area contributed by atoms with Crippen molar-refractivity contribution in [2.75, 3.05) is 0 Å². The molecule has 4 unspecified atom stereocenters. The van der Waals surface area contributed by atoms with Crippen LogP contribution in [-0.4, -0.2) is 6.29 Å². The molecule has 0 aliphatic heterocycles. The molecule has 0 aromatic rings. The number of allylic oxidation sites excluding steroid dienone is 5. The van der Waals surface area contributed by atoms with Crippen molar-refractivity contribution < 1.29 is 4.79 Å². The summed E-state index contributed by atoms with van der Waals surface area (Å²) < 4.78 is 0. The summed E-state index contributed by atoms with van der Waals surface area (Å²) in [4.78, 5) is 11.0. The molecule has 23 heavy (non-hydrogen) atoms. The Morgan fingerprint density at radius 3 is 2.78 bits per heavy atom. The predicted molar refractivity (Wildman–Crippen MR) is 97.2 cm³/mol. The third-order valence-electron chi connectivity index (χ3n) is 7.13. The molecule has 3 fully saturated rings. The van der Waals surface area contributed by atoms with E-state index in [1.54, 1.807) is 5.57 Å². The van der Waals surface area contributed by atoms with Crippen LogP contribution in [0, 0.1) is 23.2 Å². The van der Waals surface area contributed by atoms with Gasteiger partial charge in [0.15, 0.2) is 0 Å². The largest absolute Gasteiger partial charge is 0.303 e.